The first kappa shape index (κ1) is 87.2. The molecule has 1 saturated heterocycles. The lowest BCUT2D eigenvalue weighted by Gasteiger charge is -2.40. The van der Waals surface area contributed by atoms with Crippen LogP contribution in [-0.4, -0.2) is 100 Å². The van der Waals surface area contributed by atoms with Crippen LogP contribution in [0.3, 0.4) is 0 Å². The average Bonchev–Trinajstić information content (AvgIpc) is 1.37. The molecule has 6 N–H and O–H groups in total. The molecule has 538 valence electrons. The van der Waals surface area contributed by atoms with E-state index in [1.807, 2.05) is 6.08 Å². The first-order valence-corrected chi connectivity index (χ1v) is 40.1. The van der Waals surface area contributed by atoms with Gasteiger partial charge >= 0.3 is 5.97 Å². The van der Waals surface area contributed by atoms with E-state index in [1.54, 1.807) is 6.08 Å². The highest BCUT2D eigenvalue weighted by Gasteiger charge is 2.44. The van der Waals surface area contributed by atoms with Gasteiger partial charge in [-0.3, -0.25) is 9.59 Å². The van der Waals surface area contributed by atoms with Crippen LogP contribution in [0.25, 0.3) is 0 Å². The standard InChI is InChI=1S/C80H153NO10/c1-3-5-7-9-11-13-15-46-50-54-58-62-66-73(83)72(71-90-80-79(88)78(87)77(86)74(70-82)91-80)81-75(84)67-63-59-55-51-47-44-42-40-38-36-34-32-30-28-26-24-22-20-18-17-19-21-23-25-27-29-31-33-35-37-39-41-43-45-49-53-57-61-65-69-89-76(85)68-64-60-56-52-48-16-14-12-10-8-6-4-2/h46,50,62,66,72-74,77-80,82-83,86-88H,3-45,47-49,51-61,63-65,67-71H2,1-2H3,(H,81,84)/b50-46+,66-62+. The summed E-state index contributed by atoms with van der Waals surface area (Å²) in [6.45, 7) is 4.37. The summed E-state index contributed by atoms with van der Waals surface area (Å²) in [5.74, 6) is -0.164. The van der Waals surface area contributed by atoms with Gasteiger partial charge in [-0.25, -0.2) is 0 Å². The van der Waals surface area contributed by atoms with Crippen molar-refractivity contribution >= 4 is 11.9 Å². The number of ether oxygens (including phenoxy) is 3. The van der Waals surface area contributed by atoms with Crippen molar-refractivity contribution in [1.29, 1.82) is 0 Å². The quantitative estimate of drug-likeness (QED) is 0.0195. The number of carbonyl (C=O) groups excluding carboxylic acids is 2. The third kappa shape index (κ3) is 58.1. The second-order valence-corrected chi connectivity index (χ2v) is 28.1. The Morgan fingerprint density at radius 1 is 0.396 bits per heavy atom. The van der Waals surface area contributed by atoms with Gasteiger partial charge in [0.25, 0.3) is 0 Å². The summed E-state index contributed by atoms with van der Waals surface area (Å²) in [5, 5.41) is 54.5. The fourth-order valence-electron chi connectivity index (χ4n) is 13.0. The molecule has 0 bridgehead atoms. The van der Waals surface area contributed by atoms with Gasteiger partial charge in [0.2, 0.25) is 5.91 Å². The lowest BCUT2D eigenvalue weighted by molar-refractivity contribution is -0.302. The minimum atomic E-state index is -1.57. The van der Waals surface area contributed by atoms with E-state index in [9.17, 15) is 35.1 Å². The van der Waals surface area contributed by atoms with Crippen LogP contribution >= 0.6 is 0 Å². The van der Waals surface area contributed by atoms with Gasteiger partial charge in [-0.15, -0.1) is 0 Å². The SMILES string of the molecule is CCCCCCCC/C=C/CC/C=C/C(O)C(COC1OC(CO)C(O)C(O)C1O)NC(=O)CCCCCCCCCCCCCCCCCCCCCCCCCCCCCCCCCCCCCCCCCOC(=O)CCCCCCCCCCCCCC. The fraction of sp³-hybridized carbons (Fsp3) is 0.925. The molecule has 1 rings (SSSR count). The molecular weight excluding hydrogens is 1130 g/mol. The summed E-state index contributed by atoms with van der Waals surface area (Å²) in [5.41, 5.74) is 0. The minimum Gasteiger partial charge on any atom is -0.466 e. The number of nitrogens with one attached hydrogen (secondary N) is 1. The van der Waals surface area contributed by atoms with Crippen LogP contribution in [0, 0.1) is 0 Å². The number of esters is 1. The summed E-state index contributed by atoms with van der Waals surface area (Å²) < 4.78 is 16.7. The predicted molar refractivity (Wildman–Crippen MR) is 384 cm³/mol. The molecule has 11 heteroatoms. The van der Waals surface area contributed by atoms with E-state index in [2.05, 4.69) is 31.3 Å². The van der Waals surface area contributed by atoms with Crippen molar-refractivity contribution in [2.24, 2.45) is 0 Å². The highest BCUT2D eigenvalue weighted by molar-refractivity contribution is 5.76. The number of allylic oxidation sites excluding steroid dienone is 3. The number of aliphatic hydroxyl groups excluding tert-OH is 5. The van der Waals surface area contributed by atoms with Crippen molar-refractivity contribution in [2.75, 3.05) is 19.8 Å². The van der Waals surface area contributed by atoms with Gasteiger partial charge in [-0.05, 0) is 44.9 Å². The highest BCUT2D eigenvalue weighted by Crippen LogP contribution is 2.24. The van der Waals surface area contributed by atoms with Crippen LogP contribution in [0.1, 0.15) is 412 Å². The van der Waals surface area contributed by atoms with Crippen molar-refractivity contribution < 1.29 is 49.3 Å². The van der Waals surface area contributed by atoms with Crippen molar-refractivity contribution in [1.82, 2.24) is 5.32 Å². The van der Waals surface area contributed by atoms with Gasteiger partial charge in [-0.1, -0.05) is 378 Å². The van der Waals surface area contributed by atoms with Gasteiger partial charge in [0.15, 0.2) is 6.29 Å². The van der Waals surface area contributed by atoms with Crippen LogP contribution in [0.2, 0.25) is 0 Å². The minimum absolute atomic E-state index is 0.0197. The molecule has 0 saturated carbocycles. The number of aliphatic hydroxyl groups is 5. The summed E-state index contributed by atoms with van der Waals surface area (Å²) in [7, 11) is 0. The Hall–Kier alpha value is -1.86. The number of amides is 1. The Kier molecular flexibility index (Phi) is 66.6. The van der Waals surface area contributed by atoms with Crippen LogP contribution in [0.5, 0.6) is 0 Å². The van der Waals surface area contributed by atoms with Gasteiger partial charge in [0.1, 0.15) is 24.4 Å². The van der Waals surface area contributed by atoms with Gasteiger partial charge in [0.05, 0.1) is 32.0 Å². The maximum atomic E-state index is 13.1. The molecule has 0 spiro atoms. The molecule has 11 nitrogen and oxygen atoms in total. The Balaban J connectivity index is 1.87. The summed E-state index contributed by atoms with van der Waals surface area (Å²) in [6.07, 6.45) is 79.4. The third-order valence-corrected chi connectivity index (χ3v) is 19.3. The zero-order valence-corrected chi connectivity index (χ0v) is 60.1. The molecular formula is C80H153NO10. The van der Waals surface area contributed by atoms with Gasteiger partial charge in [0, 0.05) is 12.8 Å². The fourth-order valence-corrected chi connectivity index (χ4v) is 13.0. The first-order chi connectivity index (χ1) is 44.7. The van der Waals surface area contributed by atoms with Crippen molar-refractivity contribution in [3.05, 3.63) is 24.3 Å². The van der Waals surface area contributed by atoms with E-state index < -0.39 is 49.5 Å². The number of hydrogen-bond donors (Lipinski definition) is 6. The molecule has 0 aromatic heterocycles. The van der Waals surface area contributed by atoms with Crippen LogP contribution < -0.4 is 5.32 Å². The van der Waals surface area contributed by atoms with Crippen LogP contribution in [0.4, 0.5) is 0 Å². The summed E-state index contributed by atoms with van der Waals surface area (Å²) in [6, 6.07) is -0.822. The van der Waals surface area contributed by atoms with Crippen LogP contribution in [0.15, 0.2) is 24.3 Å². The normalized spacial score (nSPS) is 17.6. The molecule has 1 aliphatic heterocycles. The summed E-state index contributed by atoms with van der Waals surface area (Å²) >= 11 is 0. The number of unbranched alkanes of at least 4 members (excludes halogenated alkanes) is 56. The molecule has 1 amide bonds. The second-order valence-electron chi connectivity index (χ2n) is 28.1. The largest absolute Gasteiger partial charge is 0.466 e. The second kappa shape index (κ2) is 69.5. The molecule has 0 aromatic rings. The smallest absolute Gasteiger partial charge is 0.305 e. The lowest BCUT2D eigenvalue weighted by Crippen LogP contribution is -2.60. The Labute approximate surface area is 562 Å². The van der Waals surface area contributed by atoms with E-state index >= 15 is 0 Å². The Bertz CT molecular complexity index is 1560. The monoisotopic (exact) mass is 1290 g/mol. The molecule has 91 heavy (non-hydrogen) atoms. The molecule has 7 unspecified atom stereocenters. The zero-order chi connectivity index (χ0) is 65.8. The number of hydrogen-bond acceptors (Lipinski definition) is 10. The molecule has 0 radical (unpaired) electrons. The lowest BCUT2D eigenvalue weighted by atomic mass is 9.99. The van der Waals surface area contributed by atoms with E-state index in [0.29, 0.717) is 19.4 Å². The number of rotatable bonds is 72. The van der Waals surface area contributed by atoms with Crippen molar-refractivity contribution in [2.45, 2.75) is 455 Å². The van der Waals surface area contributed by atoms with Gasteiger partial charge < -0.3 is 45.1 Å². The van der Waals surface area contributed by atoms with E-state index in [1.165, 1.54) is 334 Å². The molecule has 1 heterocycles. The Morgan fingerprint density at radius 3 is 1.09 bits per heavy atom. The van der Waals surface area contributed by atoms with E-state index in [-0.39, 0.29) is 18.5 Å². The topological polar surface area (TPSA) is 175 Å². The van der Waals surface area contributed by atoms with Crippen molar-refractivity contribution in [3.8, 4) is 0 Å². The maximum Gasteiger partial charge on any atom is 0.305 e. The highest BCUT2D eigenvalue weighted by atomic mass is 16.7. The van der Waals surface area contributed by atoms with E-state index in [0.717, 1.165) is 51.4 Å². The maximum absolute atomic E-state index is 13.1. The van der Waals surface area contributed by atoms with Gasteiger partial charge in [-0.2, -0.15) is 0 Å². The van der Waals surface area contributed by atoms with E-state index in [4.69, 9.17) is 14.2 Å². The van der Waals surface area contributed by atoms with Crippen molar-refractivity contribution in [3.63, 3.8) is 0 Å². The zero-order valence-electron chi connectivity index (χ0n) is 60.1. The first-order valence-electron chi connectivity index (χ1n) is 40.1. The average molecular weight is 1290 g/mol. The Morgan fingerprint density at radius 2 is 0.714 bits per heavy atom. The predicted octanol–water partition coefficient (Wildman–Crippen LogP) is 21.5. The van der Waals surface area contributed by atoms with Crippen LogP contribution in [-0.2, 0) is 23.8 Å². The molecule has 1 fully saturated rings. The molecule has 0 aromatic carbocycles. The third-order valence-electron chi connectivity index (χ3n) is 19.3. The molecule has 1 aliphatic rings. The molecule has 0 aliphatic carbocycles. The number of carbonyl (C=O) groups is 2. The molecule has 7 atom stereocenters. The summed E-state index contributed by atoms with van der Waals surface area (Å²) in [4.78, 5) is 25.1.